The Kier molecular flexibility index (Phi) is 5.14. The van der Waals surface area contributed by atoms with Crippen molar-refractivity contribution >= 4 is 5.82 Å². The molecular formula is C17H23N3O. The van der Waals surface area contributed by atoms with E-state index in [1.165, 1.54) is 11.1 Å². The molecule has 0 spiro atoms. The second kappa shape index (κ2) is 7.07. The fourth-order valence-corrected chi connectivity index (χ4v) is 2.40. The van der Waals surface area contributed by atoms with Gasteiger partial charge in [0.1, 0.15) is 17.4 Å². The maximum absolute atomic E-state index is 5.18. The van der Waals surface area contributed by atoms with Crippen LogP contribution in [0, 0.1) is 6.92 Å². The van der Waals surface area contributed by atoms with Crippen molar-refractivity contribution in [3.63, 3.8) is 0 Å². The van der Waals surface area contributed by atoms with Crippen LogP contribution in [0.15, 0.2) is 24.3 Å². The van der Waals surface area contributed by atoms with Crippen LogP contribution in [0.2, 0.25) is 0 Å². The van der Waals surface area contributed by atoms with Crippen LogP contribution in [-0.4, -0.2) is 23.6 Å². The van der Waals surface area contributed by atoms with E-state index in [1.807, 2.05) is 12.1 Å². The number of rotatable bonds is 6. The van der Waals surface area contributed by atoms with Crippen molar-refractivity contribution in [2.75, 3.05) is 19.0 Å². The average molecular weight is 285 g/mol. The number of hydrogen-bond donors (Lipinski definition) is 1. The monoisotopic (exact) mass is 285 g/mol. The molecule has 1 aromatic heterocycles. The maximum atomic E-state index is 5.18. The highest BCUT2D eigenvalue weighted by Gasteiger charge is 2.10. The van der Waals surface area contributed by atoms with Gasteiger partial charge in [-0.2, -0.15) is 0 Å². The first kappa shape index (κ1) is 15.3. The number of aryl methyl sites for hydroxylation is 1. The third-order valence-electron chi connectivity index (χ3n) is 3.48. The number of hydrogen-bond acceptors (Lipinski definition) is 4. The molecule has 4 heteroatoms. The number of anilines is 1. The molecule has 4 nitrogen and oxygen atoms in total. The summed E-state index contributed by atoms with van der Waals surface area (Å²) in [7, 11) is 1.67. The third-order valence-corrected chi connectivity index (χ3v) is 3.48. The zero-order valence-electron chi connectivity index (χ0n) is 13.2. The molecule has 112 valence electrons. The summed E-state index contributed by atoms with van der Waals surface area (Å²) in [6.45, 7) is 7.14. The van der Waals surface area contributed by atoms with Gasteiger partial charge in [0.05, 0.1) is 7.11 Å². The van der Waals surface area contributed by atoms with Gasteiger partial charge in [-0.05, 0) is 38.0 Å². The van der Waals surface area contributed by atoms with Crippen molar-refractivity contribution in [2.24, 2.45) is 0 Å². The second-order valence-corrected chi connectivity index (χ2v) is 4.96. The Morgan fingerprint density at radius 1 is 1.10 bits per heavy atom. The quantitative estimate of drug-likeness (QED) is 0.884. The molecule has 1 N–H and O–H groups in total. The molecule has 0 amide bonds. The molecule has 0 atom stereocenters. The summed E-state index contributed by atoms with van der Waals surface area (Å²) in [5, 5.41) is 3.34. The van der Waals surface area contributed by atoms with E-state index in [1.54, 1.807) is 7.11 Å². The zero-order valence-corrected chi connectivity index (χ0v) is 13.2. The Balaban J connectivity index is 2.26. The molecule has 21 heavy (non-hydrogen) atoms. The lowest BCUT2D eigenvalue weighted by molar-refractivity contribution is 0.414. The lowest BCUT2D eigenvalue weighted by Gasteiger charge is -2.13. The van der Waals surface area contributed by atoms with Crippen LogP contribution in [0.25, 0.3) is 0 Å². The predicted octanol–water partition coefficient (Wildman–Crippen LogP) is 3.38. The van der Waals surface area contributed by atoms with E-state index in [4.69, 9.17) is 4.74 Å². The number of benzene rings is 1. The molecule has 0 unspecified atom stereocenters. The first-order valence-electron chi connectivity index (χ1n) is 7.41. The van der Waals surface area contributed by atoms with E-state index in [0.717, 1.165) is 42.5 Å². The van der Waals surface area contributed by atoms with E-state index < -0.39 is 0 Å². The van der Waals surface area contributed by atoms with Crippen LogP contribution < -0.4 is 10.1 Å². The van der Waals surface area contributed by atoms with Gasteiger partial charge in [-0.25, -0.2) is 9.97 Å². The van der Waals surface area contributed by atoms with Crippen LogP contribution in [-0.2, 0) is 12.8 Å². The highest BCUT2D eigenvalue weighted by molar-refractivity contribution is 5.46. The largest absolute Gasteiger partial charge is 0.497 e. The number of aromatic nitrogens is 2. The van der Waals surface area contributed by atoms with Gasteiger partial charge in [0.2, 0.25) is 0 Å². The number of nitrogens with zero attached hydrogens (tertiary/aromatic N) is 2. The predicted molar refractivity (Wildman–Crippen MR) is 86.1 cm³/mol. The minimum absolute atomic E-state index is 0.729. The summed E-state index contributed by atoms with van der Waals surface area (Å²) in [4.78, 5) is 9.32. The van der Waals surface area contributed by atoms with Crippen molar-refractivity contribution in [3.8, 4) is 5.75 Å². The van der Waals surface area contributed by atoms with Gasteiger partial charge in [0, 0.05) is 24.2 Å². The van der Waals surface area contributed by atoms with Gasteiger partial charge in [-0.3, -0.25) is 0 Å². The van der Waals surface area contributed by atoms with E-state index in [2.05, 4.69) is 48.2 Å². The smallest absolute Gasteiger partial charge is 0.135 e. The van der Waals surface area contributed by atoms with Crippen LogP contribution in [0.5, 0.6) is 5.75 Å². The van der Waals surface area contributed by atoms with Gasteiger partial charge in [0.15, 0.2) is 0 Å². The molecule has 0 bridgehead atoms. The van der Waals surface area contributed by atoms with Crippen molar-refractivity contribution in [1.82, 2.24) is 9.97 Å². The van der Waals surface area contributed by atoms with Crippen LogP contribution >= 0.6 is 0 Å². The highest BCUT2D eigenvalue weighted by atomic mass is 16.5. The summed E-state index contributed by atoms with van der Waals surface area (Å²) in [6.07, 6.45) is 1.67. The summed E-state index contributed by atoms with van der Waals surface area (Å²) in [6, 6.07) is 8.04. The Morgan fingerprint density at radius 2 is 1.81 bits per heavy atom. The van der Waals surface area contributed by atoms with Crippen molar-refractivity contribution in [3.05, 3.63) is 46.9 Å². The van der Waals surface area contributed by atoms with Gasteiger partial charge >= 0.3 is 0 Å². The van der Waals surface area contributed by atoms with Gasteiger partial charge in [-0.1, -0.05) is 19.1 Å². The van der Waals surface area contributed by atoms with E-state index in [0.29, 0.717) is 0 Å². The molecule has 1 aromatic carbocycles. The summed E-state index contributed by atoms with van der Waals surface area (Å²) >= 11 is 0. The minimum Gasteiger partial charge on any atom is -0.497 e. The zero-order chi connectivity index (χ0) is 15.2. The lowest BCUT2D eigenvalue weighted by Crippen LogP contribution is -2.10. The second-order valence-electron chi connectivity index (χ2n) is 4.96. The van der Waals surface area contributed by atoms with Crippen molar-refractivity contribution in [1.29, 1.82) is 0 Å². The molecular weight excluding hydrogens is 262 g/mol. The first-order valence-corrected chi connectivity index (χ1v) is 7.41. The third kappa shape index (κ3) is 3.72. The minimum atomic E-state index is 0.729. The Labute approximate surface area is 126 Å². The highest BCUT2D eigenvalue weighted by Crippen LogP contribution is 2.19. The lowest BCUT2D eigenvalue weighted by atomic mass is 10.1. The molecule has 2 rings (SSSR count). The molecule has 0 radical (unpaired) electrons. The molecule has 0 saturated carbocycles. The molecule has 0 aliphatic carbocycles. The fraction of sp³-hybridized carbons (Fsp3) is 0.412. The number of ether oxygens (including phenoxy) is 1. The van der Waals surface area contributed by atoms with E-state index >= 15 is 0 Å². The SMILES string of the molecule is CCNc1nc(Cc2ccc(OC)cc2)nc(C)c1CC. The van der Waals surface area contributed by atoms with E-state index in [9.17, 15) is 0 Å². The molecule has 0 fully saturated rings. The molecule has 1 heterocycles. The Bertz CT molecular complexity index is 594. The maximum Gasteiger partial charge on any atom is 0.135 e. The van der Waals surface area contributed by atoms with Gasteiger partial charge in [-0.15, -0.1) is 0 Å². The standard InChI is InChI=1S/C17H23N3O/c1-5-15-12(3)19-16(20-17(15)18-6-2)11-13-7-9-14(21-4)10-8-13/h7-10H,5-6,11H2,1-4H3,(H,18,19,20). The number of methoxy groups -OCH3 is 1. The van der Waals surface area contributed by atoms with Gasteiger partial charge in [0.25, 0.3) is 0 Å². The van der Waals surface area contributed by atoms with Crippen LogP contribution in [0.1, 0.15) is 36.5 Å². The molecule has 0 saturated heterocycles. The van der Waals surface area contributed by atoms with Crippen LogP contribution in [0.4, 0.5) is 5.82 Å². The Hall–Kier alpha value is -2.10. The average Bonchev–Trinajstić information content (AvgIpc) is 2.48. The van der Waals surface area contributed by atoms with Crippen molar-refractivity contribution < 1.29 is 4.74 Å². The van der Waals surface area contributed by atoms with Gasteiger partial charge < -0.3 is 10.1 Å². The molecule has 0 aliphatic heterocycles. The molecule has 0 aliphatic rings. The number of nitrogens with one attached hydrogen (secondary N) is 1. The van der Waals surface area contributed by atoms with Crippen LogP contribution in [0.3, 0.4) is 0 Å². The molecule has 2 aromatic rings. The van der Waals surface area contributed by atoms with E-state index in [-0.39, 0.29) is 0 Å². The summed E-state index contributed by atoms with van der Waals surface area (Å²) < 4.78 is 5.18. The topological polar surface area (TPSA) is 47.0 Å². The van der Waals surface area contributed by atoms with Crippen molar-refractivity contribution in [2.45, 2.75) is 33.6 Å². The Morgan fingerprint density at radius 3 is 2.38 bits per heavy atom. The fourth-order valence-electron chi connectivity index (χ4n) is 2.40. The summed E-state index contributed by atoms with van der Waals surface area (Å²) in [5.74, 6) is 2.69. The first-order chi connectivity index (χ1) is 10.2. The summed E-state index contributed by atoms with van der Waals surface area (Å²) in [5.41, 5.74) is 3.45. The normalized spacial score (nSPS) is 10.5.